The number of hydroxylamine groups is 1. The van der Waals surface area contributed by atoms with Gasteiger partial charge < -0.3 is 5.73 Å². The molecule has 4 nitrogen and oxygen atoms in total. The molecule has 0 spiro atoms. The lowest BCUT2D eigenvalue weighted by molar-refractivity contribution is 0.233. The Morgan fingerprint density at radius 1 is 1.40 bits per heavy atom. The summed E-state index contributed by atoms with van der Waals surface area (Å²) < 4.78 is 0. The van der Waals surface area contributed by atoms with Gasteiger partial charge in [-0.1, -0.05) is 25.5 Å². The molecule has 0 heterocycles. The summed E-state index contributed by atoms with van der Waals surface area (Å²) in [7, 11) is 0. The summed E-state index contributed by atoms with van der Waals surface area (Å²) in [6.45, 7) is 2.17. The Labute approximate surface area is 89.8 Å². The van der Waals surface area contributed by atoms with Crippen molar-refractivity contribution in [3.8, 4) is 0 Å². The molecule has 1 aromatic carbocycles. The molecule has 0 saturated heterocycles. The Kier molecular flexibility index (Phi) is 4.63. The van der Waals surface area contributed by atoms with Crippen molar-refractivity contribution in [3.63, 3.8) is 0 Å². The van der Waals surface area contributed by atoms with Crippen LogP contribution in [-0.2, 0) is 6.42 Å². The normalized spacial score (nSPS) is 11.5. The number of guanidine groups is 1. The van der Waals surface area contributed by atoms with E-state index < -0.39 is 0 Å². The van der Waals surface area contributed by atoms with E-state index in [1.807, 2.05) is 24.3 Å². The Morgan fingerprint density at radius 2 is 2.07 bits per heavy atom. The second-order valence-electron chi connectivity index (χ2n) is 3.38. The van der Waals surface area contributed by atoms with Crippen LogP contribution in [0, 0.1) is 0 Å². The molecule has 15 heavy (non-hydrogen) atoms. The topological polar surface area (TPSA) is 70.6 Å². The lowest BCUT2D eigenvalue weighted by atomic mass is 10.1. The van der Waals surface area contributed by atoms with Crippen molar-refractivity contribution in [2.45, 2.75) is 26.2 Å². The minimum atomic E-state index is -0.00342. The summed E-state index contributed by atoms with van der Waals surface area (Å²) in [5, 5.41) is 8.46. The smallest absolute Gasteiger partial charge is 0.218 e. The molecule has 0 aliphatic carbocycles. The molecule has 0 aliphatic heterocycles. The van der Waals surface area contributed by atoms with Crippen molar-refractivity contribution < 1.29 is 5.21 Å². The van der Waals surface area contributed by atoms with Crippen molar-refractivity contribution in [1.82, 2.24) is 5.48 Å². The van der Waals surface area contributed by atoms with E-state index in [2.05, 4.69) is 11.9 Å². The van der Waals surface area contributed by atoms with Crippen LogP contribution in [0.2, 0.25) is 0 Å². The lowest BCUT2D eigenvalue weighted by Gasteiger charge is -2.01. The molecule has 0 fully saturated rings. The number of nitrogens with two attached hydrogens (primary N) is 1. The quantitative estimate of drug-likeness (QED) is 0.401. The third kappa shape index (κ3) is 3.99. The Morgan fingerprint density at radius 3 is 2.60 bits per heavy atom. The molecule has 0 saturated carbocycles. The molecular weight excluding hydrogens is 190 g/mol. The maximum Gasteiger partial charge on any atom is 0.218 e. The highest BCUT2D eigenvalue weighted by Gasteiger charge is 1.94. The third-order valence-electron chi connectivity index (χ3n) is 2.12. The number of nitrogens with one attached hydrogen (secondary N) is 1. The summed E-state index contributed by atoms with van der Waals surface area (Å²) in [5.41, 5.74) is 9.13. The van der Waals surface area contributed by atoms with E-state index in [9.17, 15) is 0 Å². The number of rotatable bonds is 4. The van der Waals surface area contributed by atoms with Gasteiger partial charge in [-0.3, -0.25) is 5.21 Å². The van der Waals surface area contributed by atoms with Gasteiger partial charge in [-0.2, -0.15) is 0 Å². The van der Waals surface area contributed by atoms with Crippen molar-refractivity contribution >= 4 is 11.6 Å². The first-order chi connectivity index (χ1) is 7.26. The molecule has 0 aliphatic rings. The zero-order chi connectivity index (χ0) is 11.1. The number of nitrogens with zero attached hydrogens (tertiary/aromatic N) is 1. The van der Waals surface area contributed by atoms with Gasteiger partial charge in [0.1, 0.15) is 0 Å². The van der Waals surface area contributed by atoms with E-state index >= 15 is 0 Å². The molecule has 0 amide bonds. The fourth-order valence-electron chi connectivity index (χ4n) is 1.28. The first kappa shape index (κ1) is 11.5. The second kappa shape index (κ2) is 6.03. The van der Waals surface area contributed by atoms with Gasteiger partial charge in [-0.25, -0.2) is 10.5 Å². The molecule has 1 rings (SSSR count). The van der Waals surface area contributed by atoms with Gasteiger partial charge in [-0.15, -0.1) is 0 Å². The van der Waals surface area contributed by atoms with Crippen LogP contribution in [0.3, 0.4) is 0 Å². The van der Waals surface area contributed by atoms with Crippen molar-refractivity contribution in [2.24, 2.45) is 10.7 Å². The minimum absolute atomic E-state index is 0.00342. The fourth-order valence-corrected chi connectivity index (χ4v) is 1.28. The lowest BCUT2D eigenvalue weighted by Crippen LogP contribution is -2.27. The molecular formula is C11H17N3O. The van der Waals surface area contributed by atoms with Gasteiger partial charge in [0, 0.05) is 0 Å². The summed E-state index contributed by atoms with van der Waals surface area (Å²) >= 11 is 0. The number of unbranched alkanes of at least 4 members (excludes halogenated alkanes) is 1. The van der Waals surface area contributed by atoms with Crippen LogP contribution in [0.5, 0.6) is 0 Å². The van der Waals surface area contributed by atoms with Crippen molar-refractivity contribution in [1.29, 1.82) is 0 Å². The van der Waals surface area contributed by atoms with Crippen LogP contribution in [0.1, 0.15) is 25.3 Å². The molecule has 0 aromatic heterocycles. The predicted octanol–water partition coefficient (Wildman–Crippen LogP) is 1.95. The van der Waals surface area contributed by atoms with Crippen LogP contribution in [0.25, 0.3) is 0 Å². The van der Waals surface area contributed by atoms with E-state index in [-0.39, 0.29) is 5.96 Å². The maximum absolute atomic E-state index is 8.46. The van der Waals surface area contributed by atoms with E-state index in [4.69, 9.17) is 10.9 Å². The van der Waals surface area contributed by atoms with Crippen molar-refractivity contribution in [3.05, 3.63) is 29.8 Å². The molecule has 0 bridgehead atoms. The van der Waals surface area contributed by atoms with Gasteiger partial charge in [0.15, 0.2) is 0 Å². The summed E-state index contributed by atoms with van der Waals surface area (Å²) in [6, 6.07) is 7.82. The Hall–Kier alpha value is -1.55. The highest BCUT2D eigenvalue weighted by Crippen LogP contribution is 2.14. The summed E-state index contributed by atoms with van der Waals surface area (Å²) in [4.78, 5) is 3.93. The SMILES string of the molecule is CCCCc1ccc(N=C(N)NO)cc1. The molecule has 0 radical (unpaired) electrons. The summed E-state index contributed by atoms with van der Waals surface area (Å²) in [6.07, 6.45) is 3.48. The zero-order valence-electron chi connectivity index (χ0n) is 8.90. The Bertz CT molecular complexity index is 319. The number of aryl methyl sites for hydroxylation is 1. The molecule has 1 aromatic rings. The minimum Gasteiger partial charge on any atom is -0.368 e. The second-order valence-corrected chi connectivity index (χ2v) is 3.38. The molecule has 0 atom stereocenters. The average Bonchev–Trinajstić information content (AvgIpc) is 2.28. The molecule has 4 heteroatoms. The number of benzene rings is 1. The van der Waals surface area contributed by atoms with Gasteiger partial charge in [0.05, 0.1) is 5.69 Å². The first-order valence-corrected chi connectivity index (χ1v) is 5.09. The van der Waals surface area contributed by atoms with Crippen LogP contribution in [-0.4, -0.2) is 11.2 Å². The Balaban J connectivity index is 2.64. The monoisotopic (exact) mass is 207 g/mol. The van der Waals surface area contributed by atoms with Crippen LogP contribution < -0.4 is 11.2 Å². The molecule has 82 valence electrons. The van der Waals surface area contributed by atoms with E-state index in [0.29, 0.717) is 0 Å². The van der Waals surface area contributed by atoms with Gasteiger partial charge >= 0.3 is 0 Å². The van der Waals surface area contributed by atoms with E-state index in [1.165, 1.54) is 18.4 Å². The third-order valence-corrected chi connectivity index (χ3v) is 2.12. The van der Waals surface area contributed by atoms with Crippen LogP contribution in [0.4, 0.5) is 5.69 Å². The van der Waals surface area contributed by atoms with E-state index in [0.717, 1.165) is 12.1 Å². The van der Waals surface area contributed by atoms with Gasteiger partial charge in [-0.05, 0) is 30.5 Å². The number of hydrogen-bond donors (Lipinski definition) is 3. The number of hydrogen-bond acceptors (Lipinski definition) is 2. The maximum atomic E-state index is 8.46. The average molecular weight is 207 g/mol. The van der Waals surface area contributed by atoms with Crippen LogP contribution >= 0.6 is 0 Å². The van der Waals surface area contributed by atoms with Gasteiger partial charge in [0.25, 0.3) is 0 Å². The van der Waals surface area contributed by atoms with E-state index in [1.54, 1.807) is 5.48 Å². The zero-order valence-corrected chi connectivity index (χ0v) is 8.90. The molecule has 0 unspecified atom stereocenters. The fraction of sp³-hybridized carbons (Fsp3) is 0.364. The predicted molar refractivity (Wildman–Crippen MR) is 61.3 cm³/mol. The number of aliphatic imine (C=N–C) groups is 1. The largest absolute Gasteiger partial charge is 0.368 e. The molecule has 4 N–H and O–H groups in total. The highest BCUT2D eigenvalue weighted by molar-refractivity contribution is 5.79. The highest BCUT2D eigenvalue weighted by atomic mass is 16.5. The standard InChI is InChI=1S/C11H17N3O/c1-2-3-4-9-5-7-10(8-6-9)13-11(12)14-15/h5-8,15H,2-4H2,1H3,(H3,12,13,14). The van der Waals surface area contributed by atoms with Crippen LogP contribution in [0.15, 0.2) is 29.3 Å². The first-order valence-electron chi connectivity index (χ1n) is 5.09. The van der Waals surface area contributed by atoms with Crippen molar-refractivity contribution in [2.75, 3.05) is 0 Å². The van der Waals surface area contributed by atoms with Gasteiger partial charge in [0.2, 0.25) is 5.96 Å². The summed E-state index contributed by atoms with van der Waals surface area (Å²) in [5.74, 6) is -0.00342.